The summed E-state index contributed by atoms with van der Waals surface area (Å²) in [6.45, 7) is 8.51. The topological polar surface area (TPSA) is 13.1 Å². The van der Waals surface area contributed by atoms with Crippen LogP contribution in [-0.4, -0.2) is 0 Å². The molecule has 0 unspecified atom stereocenters. The first kappa shape index (κ1) is 14.6. The summed E-state index contributed by atoms with van der Waals surface area (Å²) in [5, 5.41) is 1.21. The second kappa shape index (κ2) is 7.75. The number of benzene rings is 1. The van der Waals surface area contributed by atoms with Gasteiger partial charge in [0.2, 0.25) is 0 Å². The minimum absolute atomic E-state index is 0.939. The highest BCUT2D eigenvalue weighted by molar-refractivity contribution is 5.88. The number of aryl methyl sites for hydroxylation is 1. The normalized spacial score (nSPS) is 10.7. The van der Waals surface area contributed by atoms with E-state index in [2.05, 4.69) is 39.0 Å². The number of fused-ring (bicyclic) bond motifs is 1. The summed E-state index contributed by atoms with van der Waals surface area (Å²) in [5.41, 5.74) is 2.21. The molecular weight excluding hydrogens is 220 g/mol. The first-order valence-corrected chi connectivity index (χ1v) is 6.91. The third-order valence-electron chi connectivity index (χ3n) is 2.87. The van der Waals surface area contributed by atoms with Crippen LogP contribution < -0.4 is 0 Å². The van der Waals surface area contributed by atoms with Crippen molar-refractivity contribution in [2.45, 2.75) is 47.0 Å². The van der Waals surface area contributed by atoms with Gasteiger partial charge in [0.1, 0.15) is 11.3 Å². The van der Waals surface area contributed by atoms with Crippen LogP contribution in [0, 0.1) is 0 Å². The zero-order chi connectivity index (χ0) is 13.4. The van der Waals surface area contributed by atoms with E-state index in [1.54, 1.807) is 0 Å². The van der Waals surface area contributed by atoms with Gasteiger partial charge in [-0.15, -0.1) is 0 Å². The summed E-state index contributed by atoms with van der Waals surface area (Å²) in [5.74, 6) is 1.07. The minimum Gasteiger partial charge on any atom is -0.460 e. The highest BCUT2D eigenvalue weighted by atomic mass is 16.3. The van der Waals surface area contributed by atoms with Crippen LogP contribution in [0.15, 0.2) is 34.8 Å². The van der Waals surface area contributed by atoms with Gasteiger partial charge >= 0.3 is 0 Å². The average Bonchev–Trinajstić information content (AvgIpc) is 2.78. The van der Waals surface area contributed by atoms with E-state index in [-0.39, 0.29) is 0 Å². The number of rotatable bonds is 3. The number of furan rings is 1. The predicted molar refractivity (Wildman–Crippen MR) is 80.9 cm³/mol. The molecule has 0 fully saturated rings. The number of allylic oxidation sites excluding steroid dienone is 1. The van der Waals surface area contributed by atoms with Crippen LogP contribution in [0.5, 0.6) is 0 Å². The molecule has 1 aromatic carbocycles. The lowest BCUT2D eigenvalue weighted by Gasteiger charge is -1.91. The molecule has 18 heavy (non-hydrogen) atoms. The van der Waals surface area contributed by atoms with Crippen LogP contribution in [0.2, 0.25) is 0 Å². The number of para-hydroxylation sites is 1. The van der Waals surface area contributed by atoms with Gasteiger partial charge in [0, 0.05) is 17.4 Å². The summed E-state index contributed by atoms with van der Waals surface area (Å²) in [7, 11) is 0. The molecule has 1 aromatic heterocycles. The Hall–Kier alpha value is -1.50. The molecule has 0 aliphatic heterocycles. The highest BCUT2D eigenvalue weighted by Crippen LogP contribution is 2.27. The van der Waals surface area contributed by atoms with Gasteiger partial charge in [-0.25, -0.2) is 0 Å². The molecule has 0 saturated heterocycles. The first-order chi connectivity index (χ1) is 8.78. The van der Waals surface area contributed by atoms with Crippen LogP contribution in [-0.2, 0) is 6.42 Å². The molecule has 98 valence electrons. The van der Waals surface area contributed by atoms with Crippen LogP contribution >= 0.6 is 0 Å². The lowest BCUT2D eigenvalue weighted by atomic mass is 10.1. The standard InChI is InChI=1S/C13H14O.C4H10/c1-3-7-10-11-8-5-6-9-13(11)14-12(10)4-2;1-3-4-2/h3,5-9H,4H2,1-2H3;3-4H2,1-2H3/b7-3-;. The van der Waals surface area contributed by atoms with Gasteiger partial charge in [-0.3, -0.25) is 0 Å². The minimum atomic E-state index is 0.939. The van der Waals surface area contributed by atoms with E-state index in [4.69, 9.17) is 4.42 Å². The third-order valence-corrected chi connectivity index (χ3v) is 2.87. The van der Waals surface area contributed by atoms with Crippen molar-refractivity contribution in [3.63, 3.8) is 0 Å². The summed E-state index contributed by atoms with van der Waals surface area (Å²) < 4.78 is 5.75. The molecule has 0 saturated carbocycles. The Bertz CT molecular complexity index is 489. The molecule has 1 nitrogen and oxygen atoms in total. The monoisotopic (exact) mass is 244 g/mol. The molecule has 0 spiro atoms. The van der Waals surface area contributed by atoms with Gasteiger partial charge in [-0.05, 0) is 13.0 Å². The maximum atomic E-state index is 5.75. The van der Waals surface area contributed by atoms with E-state index in [1.165, 1.54) is 23.8 Å². The van der Waals surface area contributed by atoms with Crippen molar-refractivity contribution < 1.29 is 4.42 Å². The van der Waals surface area contributed by atoms with Gasteiger partial charge in [0.25, 0.3) is 0 Å². The molecule has 0 N–H and O–H groups in total. The largest absolute Gasteiger partial charge is 0.460 e. The van der Waals surface area contributed by atoms with Crippen molar-refractivity contribution in [3.8, 4) is 0 Å². The van der Waals surface area contributed by atoms with Crippen LogP contribution in [0.1, 0.15) is 51.9 Å². The van der Waals surface area contributed by atoms with E-state index >= 15 is 0 Å². The summed E-state index contributed by atoms with van der Waals surface area (Å²) in [4.78, 5) is 0. The Morgan fingerprint density at radius 2 is 1.72 bits per heavy atom. The maximum Gasteiger partial charge on any atom is 0.134 e. The zero-order valence-corrected chi connectivity index (χ0v) is 12.0. The number of unbranched alkanes of at least 4 members (excludes halogenated alkanes) is 1. The summed E-state index contributed by atoms with van der Waals surface area (Å²) >= 11 is 0. The lowest BCUT2D eigenvalue weighted by Crippen LogP contribution is -1.78. The van der Waals surface area contributed by atoms with E-state index in [0.717, 1.165) is 17.8 Å². The molecule has 2 aromatic rings. The van der Waals surface area contributed by atoms with Gasteiger partial charge in [-0.2, -0.15) is 0 Å². The van der Waals surface area contributed by atoms with Gasteiger partial charge in [0.05, 0.1) is 0 Å². The predicted octanol–water partition coefficient (Wildman–Crippen LogP) is 5.83. The highest BCUT2D eigenvalue weighted by Gasteiger charge is 2.08. The molecule has 0 amide bonds. The van der Waals surface area contributed by atoms with Crippen molar-refractivity contribution in [3.05, 3.63) is 41.7 Å². The molecule has 0 aliphatic rings. The van der Waals surface area contributed by atoms with Crippen molar-refractivity contribution in [1.29, 1.82) is 0 Å². The van der Waals surface area contributed by atoms with Crippen LogP contribution in [0.4, 0.5) is 0 Å². The Morgan fingerprint density at radius 1 is 1.06 bits per heavy atom. The summed E-state index contributed by atoms with van der Waals surface area (Å²) in [6, 6.07) is 8.17. The number of hydrogen-bond donors (Lipinski definition) is 0. The summed E-state index contributed by atoms with van der Waals surface area (Å²) in [6.07, 6.45) is 7.75. The molecular formula is C17H24O. The van der Waals surface area contributed by atoms with Crippen molar-refractivity contribution in [2.75, 3.05) is 0 Å². The van der Waals surface area contributed by atoms with Gasteiger partial charge in [-0.1, -0.05) is 64.0 Å². The maximum absolute atomic E-state index is 5.75. The van der Waals surface area contributed by atoms with Gasteiger partial charge < -0.3 is 4.42 Å². The lowest BCUT2D eigenvalue weighted by molar-refractivity contribution is 0.556. The zero-order valence-electron chi connectivity index (χ0n) is 12.0. The molecule has 2 rings (SSSR count). The average molecular weight is 244 g/mol. The molecule has 0 atom stereocenters. The Labute approximate surface area is 111 Å². The fraction of sp³-hybridized carbons (Fsp3) is 0.412. The smallest absolute Gasteiger partial charge is 0.134 e. The molecule has 0 bridgehead atoms. The molecule has 0 aliphatic carbocycles. The molecule has 1 heterocycles. The molecule has 0 radical (unpaired) electrons. The van der Waals surface area contributed by atoms with Crippen LogP contribution in [0.3, 0.4) is 0 Å². The second-order valence-corrected chi connectivity index (χ2v) is 4.29. The van der Waals surface area contributed by atoms with E-state index in [1.807, 2.05) is 25.1 Å². The van der Waals surface area contributed by atoms with Crippen molar-refractivity contribution in [1.82, 2.24) is 0 Å². The fourth-order valence-electron chi connectivity index (χ4n) is 1.73. The first-order valence-electron chi connectivity index (χ1n) is 6.91. The Kier molecular flexibility index (Phi) is 6.27. The van der Waals surface area contributed by atoms with Crippen LogP contribution in [0.25, 0.3) is 17.0 Å². The van der Waals surface area contributed by atoms with Crippen molar-refractivity contribution in [2.24, 2.45) is 0 Å². The number of hydrogen-bond acceptors (Lipinski definition) is 1. The van der Waals surface area contributed by atoms with Crippen molar-refractivity contribution >= 4 is 17.0 Å². The quantitative estimate of drug-likeness (QED) is 0.661. The Balaban J connectivity index is 0.000000357. The SMILES string of the molecule is C/C=C\c1c(CC)oc2ccccc12.CCCC. The van der Waals surface area contributed by atoms with E-state index in [0.29, 0.717) is 0 Å². The van der Waals surface area contributed by atoms with E-state index in [9.17, 15) is 0 Å². The second-order valence-electron chi connectivity index (χ2n) is 4.29. The fourth-order valence-corrected chi connectivity index (χ4v) is 1.73. The Morgan fingerprint density at radius 3 is 2.28 bits per heavy atom. The van der Waals surface area contributed by atoms with E-state index < -0.39 is 0 Å². The molecule has 1 heteroatoms. The van der Waals surface area contributed by atoms with Gasteiger partial charge in [0.15, 0.2) is 0 Å². The third kappa shape index (κ3) is 3.49.